The molecule has 5 fully saturated rings. The Morgan fingerprint density at radius 1 is 1.16 bits per heavy atom. The first-order valence-corrected chi connectivity index (χ1v) is 13.9. The summed E-state index contributed by atoms with van der Waals surface area (Å²) in [6.45, 7) is 7.16. The molecular formula is C29H38FN5O3. The number of nitrogens with one attached hydrogen (secondary N) is 1. The standard InChI is InChI=1S/C29H38FN5O3/c1-17-16-34(21-4-5-22(23(30)12-21)28(2,3)37)8-9-35(17)27-31-7-6-24(32-27)26(36)33-25-19-10-18-11-20(25)15-29(38,13-18)14-19/h4-7,12,17-20,25,37-38H,8-11,13-16H2,1-3H3,(H,33,36)/t17-,18?,19?,20?,25-,29-/m1/s1. The van der Waals surface area contributed by atoms with Gasteiger partial charge in [0.15, 0.2) is 0 Å². The second kappa shape index (κ2) is 9.16. The molecule has 1 aromatic carbocycles. The summed E-state index contributed by atoms with van der Waals surface area (Å²) < 4.78 is 14.7. The Kier molecular flexibility index (Phi) is 6.14. The summed E-state index contributed by atoms with van der Waals surface area (Å²) >= 11 is 0. The highest BCUT2D eigenvalue weighted by Crippen LogP contribution is 2.55. The van der Waals surface area contributed by atoms with Crippen molar-refractivity contribution >= 4 is 17.5 Å². The van der Waals surface area contributed by atoms with E-state index in [2.05, 4.69) is 32.0 Å². The molecule has 8 nitrogen and oxygen atoms in total. The Balaban J connectivity index is 1.12. The summed E-state index contributed by atoms with van der Waals surface area (Å²) in [7, 11) is 0. The number of anilines is 2. The minimum atomic E-state index is -1.24. The Hall–Kier alpha value is -2.78. The van der Waals surface area contributed by atoms with E-state index in [0.717, 1.165) is 37.8 Å². The van der Waals surface area contributed by atoms with Gasteiger partial charge in [-0.3, -0.25) is 4.79 Å². The molecule has 2 heterocycles. The van der Waals surface area contributed by atoms with E-state index < -0.39 is 17.0 Å². The van der Waals surface area contributed by atoms with Crippen LogP contribution in [0.2, 0.25) is 0 Å². The molecule has 1 aromatic heterocycles. The number of aromatic nitrogens is 2. The Bertz CT molecular complexity index is 1220. The number of carbonyl (C=O) groups is 1. The van der Waals surface area contributed by atoms with Gasteiger partial charge in [0.2, 0.25) is 5.95 Å². The first kappa shape index (κ1) is 25.5. The molecule has 0 spiro atoms. The fourth-order valence-electron chi connectivity index (χ4n) is 7.74. The molecule has 1 saturated heterocycles. The monoisotopic (exact) mass is 523 g/mol. The van der Waals surface area contributed by atoms with E-state index in [1.165, 1.54) is 6.07 Å². The van der Waals surface area contributed by atoms with Crippen molar-refractivity contribution in [1.82, 2.24) is 15.3 Å². The van der Waals surface area contributed by atoms with Gasteiger partial charge in [-0.15, -0.1) is 0 Å². The van der Waals surface area contributed by atoms with Gasteiger partial charge in [0.25, 0.3) is 5.91 Å². The zero-order valence-corrected chi connectivity index (χ0v) is 22.4. The number of amides is 1. The number of piperazine rings is 1. The van der Waals surface area contributed by atoms with Gasteiger partial charge in [-0.05, 0) is 88.8 Å². The average Bonchev–Trinajstić information content (AvgIpc) is 2.84. The van der Waals surface area contributed by atoms with E-state index in [9.17, 15) is 19.4 Å². The molecule has 2 unspecified atom stereocenters. The number of benzene rings is 1. The number of hydrogen-bond donors (Lipinski definition) is 3. The van der Waals surface area contributed by atoms with E-state index in [1.807, 2.05) is 6.07 Å². The van der Waals surface area contributed by atoms with Crippen molar-refractivity contribution in [2.24, 2.45) is 17.8 Å². The Labute approximate surface area is 223 Å². The largest absolute Gasteiger partial charge is 0.390 e. The second-order valence-electron chi connectivity index (χ2n) is 12.6. The zero-order chi connectivity index (χ0) is 26.8. The second-order valence-corrected chi connectivity index (χ2v) is 12.6. The number of hydrogen-bond acceptors (Lipinski definition) is 7. The number of aliphatic hydroxyl groups is 2. The molecule has 38 heavy (non-hydrogen) atoms. The fourth-order valence-corrected chi connectivity index (χ4v) is 7.74. The van der Waals surface area contributed by atoms with Gasteiger partial charge in [-0.2, -0.15) is 0 Å². The van der Waals surface area contributed by atoms with Crippen molar-refractivity contribution in [3.05, 3.63) is 47.5 Å². The van der Waals surface area contributed by atoms with Gasteiger partial charge in [0.05, 0.1) is 11.2 Å². The molecule has 9 heteroatoms. The lowest BCUT2D eigenvalue weighted by Gasteiger charge is -2.58. The SMILES string of the molecule is C[C@@H]1CN(c2ccc(C(C)(C)O)c(F)c2)CCN1c1nccc(C(=O)N[C@H]2C3CC4CC2C[C@](O)(C4)C3)n1. The van der Waals surface area contributed by atoms with Crippen molar-refractivity contribution in [2.45, 2.75) is 76.2 Å². The lowest BCUT2D eigenvalue weighted by molar-refractivity contribution is -0.136. The summed E-state index contributed by atoms with van der Waals surface area (Å²) in [5, 5.41) is 24.3. The van der Waals surface area contributed by atoms with E-state index in [1.54, 1.807) is 32.2 Å². The topological polar surface area (TPSA) is 102 Å². The minimum absolute atomic E-state index is 0.0456. The molecule has 0 radical (unpaired) electrons. The van der Waals surface area contributed by atoms with Crippen LogP contribution in [0.3, 0.4) is 0 Å². The maximum atomic E-state index is 14.7. The molecule has 1 amide bonds. The van der Waals surface area contributed by atoms with Crippen LogP contribution in [0, 0.1) is 23.6 Å². The van der Waals surface area contributed by atoms with Crippen LogP contribution in [0.4, 0.5) is 16.0 Å². The van der Waals surface area contributed by atoms with Gasteiger partial charge in [-0.25, -0.2) is 14.4 Å². The van der Waals surface area contributed by atoms with Crippen LogP contribution in [0.25, 0.3) is 0 Å². The summed E-state index contributed by atoms with van der Waals surface area (Å²) in [4.78, 5) is 26.6. The number of carbonyl (C=O) groups excluding carboxylic acids is 1. The molecule has 4 saturated carbocycles. The zero-order valence-electron chi connectivity index (χ0n) is 22.4. The average molecular weight is 524 g/mol. The van der Waals surface area contributed by atoms with Crippen molar-refractivity contribution < 1.29 is 19.4 Å². The van der Waals surface area contributed by atoms with Gasteiger partial charge in [-0.1, -0.05) is 6.07 Å². The van der Waals surface area contributed by atoms with E-state index in [0.29, 0.717) is 49.0 Å². The molecular weight excluding hydrogens is 485 g/mol. The maximum Gasteiger partial charge on any atom is 0.270 e. The molecule has 5 aliphatic rings. The van der Waals surface area contributed by atoms with Crippen LogP contribution in [0.15, 0.2) is 30.5 Å². The van der Waals surface area contributed by atoms with Crippen LogP contribution in [0.1, 0.15) is 68.9 Å². The predicted octanol–water partition coefficient (Wildman–Crippen LogP) is 3.23. The minimum Gasteiger partial charge on any atom is -0.390 e. The summed E-state index contributed by atoms with van der Waals surface area (Å²) in [6, 6.07) is 6.79. The van der Waals surface area contributed by atoms with Crippen molar-refractivity contribution in [1.29, 1.82) is 0 Å². The molecule has 3 atom stereocenters. The number of halogens is 1. The van der Waals surface area contributed by atoms with E-state index >= 15 is 0 Å². The van der Waals surface area contributed by atoms with Crippen LogP contribution >= 0.6 is 0 Å². The quantitative estimate of drug-likeness (QED) is 0.553. The number of nitrogens with zero attached hydrogens (tertiary/aromatic N) is 4. The third-order valence-electron chi connectivity index (χ3n) is 9.28. The molecule has 4 aliphatic carbocycles. The first-order chi connectivity index (χ1) is 18.0. The number of rotatable bonds is 5. The molecule has 2 aromatic rings. The summed E-state index contributed by atoms with van der Waals surface area (Å²) in [6.07, 6.45) is 6.30. The van der Waals surface area contributed by atoms with E-state index in [4.69, 9.17) is 0 Å². The predicted molar refractivity (Wildman–Crippen MR) is 142 cm³/mol. The van der Waals surface area contributed by atoms with Gasteiger partial charge < -0.3 is 25.3 Å². The molecule has 7 rings (SSSR count). The molecule has 204 valence electrons. The maximum absolute atomic E-state index is 14.7. The van der Waals surface area contributed by atoms with Gasteiger partial charge in [0, 0.05) is 49.2 Å². The molecule has 3 N–H and O–H groups in total. The van der Waals surface area contributed by atoms with Crippen molar-refractivity contribution in [3.63, 3.8) is 0 Å². The third-order valence-corrected chi connectivity index (χ3v) is 9.28. The Morgan fingerprint density at radius 2 is 1.89 bits per heavy atom. The third kappa shape index (κ3) is 4.64. The fraction of sp³-hybridized carbons (Fsp3) is 0.621. The van der Waals surface area contributed by atoms with Crippen molar-refractivity contribution in [2.75, 3.05) is 29.4 Å². The summed E-state index contributed by atoms with van der Waals surface area (Å²) in [5.74, 6) is 1.20. The van der Waals surface area contributed by atoms with Crippen LogP contribution in [0.5, 0.6) is 0 Å². The first-order valence-electron chi connectivity index (χ1n) is 13.9. The van der Waals surface area contributed by atoms with Crippen LogP contribution in [-0.2, 0) is 5.60 Å². The van der Waals surface area contributed by atoms with Gasteiger partial charge >= 0.3 is 0 Å². The van der Waals surface area contributed by atoms with Gasteiger partial charge in [0.1, 0.15) is 11.5 Å². The Morgan fingerprint density at radius 3 is 2.53 bits per heavy atom. The van der Waals surface area contributed by atoms with E-state index in [-0.39, 0.29) is 23.6 Å². The van der Waals surface area contributed by atoms with Crippen molar-refractivity contribution in [3.8, 4) is 0 Å². The smallest absolute Gasteiger partial charge is 0.270 e. The molecule has 4 bridgehead atoms. The molecule has 1 aliphatic heterocycles. The van der Waals surface area contributed by atoms with Crippen LogP contribution < -0.4 is 15.1 Å². The highest BCUT2D eigenvalue weighted by atomic mass is 19.1. The summed E-state index contributed by atoms with van der Waals surface area (Å²) in [5.41, 5.74) is -0.347. The highest BCUT2D eigenvalue weighted by Gasteiger charge is 2.55. The lowest BCUT2D eigenvalue weighted by atomic mass is 9.52. The lowest BCUT2D eigenvalue weighted by Crippen LogP contribution is -2.61. The normalized spacial score (nSPS) is 32.5. The highest BCUT2D eigenvalue weighted by molar-refractivity contribution is 5.92. The van der Waals surface area contributed by atoms with Crippen LogP contribution in [-0.4, -0.2) is 63.4 Å².